The smallest absolute Gasteiger partial charge is 0.327 e. The summed E-state index contributed by atoms with van der Waals surface area (Å²) in [6, 6.07) is 0. The highest BCUT2D eigenvalue weighted by atomic mass is 32.2. The molecule has 0 heterocycles. The molecule has 0 saturated carbocycles. The van der Waals surface area contributed by atoms with E-state index in [0.29, 0.717) is 6.54 Å². The van der Waals surface area contributed by atoms with Crippen molar-refractivity contribution in [1.29, 1.82) is 0 Å². The highest BCUT2D eigenvalue weighted by Gasteiger charge is 2.89. The second kappa shape index (κ2) is 12.7. The fourth-order valence-electron chi connectivity index (χ4n) is 1.97. The molecule has 230 valence electrons. The maximum Gasteiger partial charge on any atom is 0.384 e. The predicted octanol–water partition coefficient (Wildman–Crippen LogP) is 5.43. The molecule has 0 aliphatic rings. The van der Waals surface area contributed by atoms with Crippen molar-refractivity contribution in [2.45, 2.75) is 72.4 Å². The molecular formula is C15H15F18NO3S. The average molecular weight is 631 g/mol. The van der Waals surface area contributed by atoms with Gasteiger partial charge < -0.3 is 5.73 Å². The van der Waals surface area contributed by atoms with E-state index in [0.717, 1.165) is 0 Å². The van der Waals surface area contributed by atoms with Crippen LogP contribution in [0.3, 0.4) is 0 Å². The Labute approximate surface area is 200 Å². The summed E-state index contributed by atoms with van der Waals surface area (Å²) in [5.74, 6) is -40.5. The van der Waals surface area contributed by atoms with Gasteiger partial charge in [-0.2, -0.15) is 52.3 Å². The van der Waals surface area contributed by atoms with Gasteiger partial charge in [-0.25, -0.2) is 35.1 Å². The molecule has 4 nitrogen and oxygen atoms in total. The molecular weight excluding hydrogens is 616 g/mol. The fourth-order valence-corrected chi connectivity index (χ4v) is 2.49. The summed E-state index contributed by atoms with van der Waals surface area (Å²) >= 11 is 0. The molecule has 0 spiro atoms. The zero-order valence-corrected chi connectivity index (χ0v) is 18.4. The maximum atomic E-state index is 13.5. The van der Waals surface area contributed by atoms with Gasteiger partial charge in [-0.3, -0.25) is 4.55 Å². The zero-order chi connectivity index (χ0) is 31.5. The third-order valence-electron chi connectivity index (χ3n) is 4.12. The number of halogens is 18. The maximum absolute atomic E-state index is 13.5. The second-order valence-electron chi connectivity index (χ2n) is 6.84. The van der Waals surface area contributed by atoms with Crippen LogP contribution in [-0.4, -0.2) is 91.9 Å². The van der Waals surface area contributed by atoms with Crippen molar-refractivity contribution in [3.63, 3.8) is 0 Å². The lowest BCUT2D eigenvalue weighted by atomic mass is 9.89. The molecule has 0 aromatic carbocycles. The lowest BCUT2D eigenvalue weighted by Crippen LogP contribution is -2.71. The first-order chi connectivity index (χ1) is 16.6. The van der Waals surface area contributed by atoms with Gasteiger partial charge in [0.25, 0.3) is 11.9 Å². The van der Waals surface area contributed by atoms with E-state index in [-0.39, 0.29) is 0 Å². The Hall–Kier alpha value is -1.65. The van der Waals surface area contributed by atoms with Crippen molar-refractivity contribution in [1.82, 2.24) is 0 Å². The molecule has 0 saturated heterocycles. The minimum Gasteiger partial charge on any atom is -0.327 e. The van der Waals surface area contributed by atoms with Crippen LogP contribution in [0, 0.1) is 0 Å². The summed E-state index contributed by atoms with van der Waals surface area (Å²) < 4.78 is 264. The zero-order valence-electron chi connectivity index (χ0n) is 17.6. The van der Waals surface area contributed by atoms with E-state index < -0.39 is 82.5 Å². The first kappa shape index (κ1) is 38.5. The van der Waals surface area contributed by atoms with Crippen LogP contribution in [-0.2, 0) is 10.1 Å². The Balaban J connectivity index is 0. The molecule has 0 aromatic heterocycles. The summed E-state index contributed by atoms with van der Waals surface area (Å²) in [7, 11) is -7.14. The SMILES string of the molecule is C=CCN.O=S(=O)(O)C(F)C(F)(F)C(F)(F)C(F)(F)C(F)(F)C(F)(F)C(F)C(F)C(F)C(F)C(F)C(F)F. The molecule has 23 heteroatoms. The molecule has 0 fully saturated rings. The Bertz CT molecular complexity index is 869. The number of hydrogen-bond donors (Lipinski definition) is 2. The molecule has 0 radical (unpaired) electrons. The van der Waals surface area contributed by atoms with Crippen LogP contribution in [0.2, 0.25) is 0 Å². The first-order valence-electron chi connectivity index (χ1n) is 8.86. The first-order valence-corrected chi connectivity index (χ1v) is 10.4. The molecule has 0 aromatic rings. The van der Waals surface area contributed by atoms with Crippen LogP contribution in [0.15, 0.2) is 12.7 Å². The normalized spacial score (nSPS) is 19.1. The van der Waals surface area contributed by atoms with Crippen LogP contribution in [0.5, 0.6) is 0 Å². The number of hydrogen-bond acceptors (Lipinski definition) is 3. The van der Waals surface area contributed by atoms with Gasteiger partial charge in [0.2, 0.25) is 6.17 Å². The molecule has 0 bridgehead atoms. The Morgan fingerprint density at radius 1 is 0.658 bits per heavy atom. The Kier molecular flexibility index (Phi) is 12.8. The summed E-state index contributed by atoms with van der Waals surface area (Å²) in [4.78, 5) is 0. The fraction of sp³-hybridized carbons (Fsp3) is 0.867. The van der Waals surface area contributed by atoms with Crippen molar-refractivity contribution in [3.05, 3.63) is 12.7 Å². The number of rotatable bonds is 13. The van der Waals surface area contributed by atoms with E-state index in [1.165, 1.54) is 0 Å². The summed E-state index contributed by atoms with van der Waals surface area (Å²) in [6.45, 7) is 3.94. The molecule has 0 rings (SSSR count). The average Bonchev–Trinajstić information content (AvgIpc) is 2.79. The van der Waals surface area contributed by atoms with Crippen LogP contribution in [0.4, 0.5) is 79.0 Å². The van der Waals surface area contributed by atoms with Crippen molar-refractivity contribution >= 4 is 10.1 Å². The lowest BCUT2D eigenvalue weighted by molar-refractivity contribution is -0.412. The molecule has 38 heavy (non-hydrogen) atoms. The molecule has 3 N–H and O–H groups in total. The van der Waals surface area contributed by atoms with Crippen molar-refractivity contribution < 1.29 is 92.0 Å². The van der Waals surface area contributed by atoms with Crippen molar-refractivity contribution in [2.24, 2.45) is 5.73 Å². The van der Waals surface area contributed by atoms with E-state index in [1.54, 1.807) is 6.08 Å². The number of nitrogens with two attached hydrogens (primary N) is 1. The van der Waals surface area contributed by atoms with Gasteiger partial charge in [0.15, 0.2) is 24.7 Å². The van der Waals surface area contributed by atoms with Gasteiger partial charge in [-0.1, -0.05) is 6.08 Å². The van der Waals surface area contributed by atoms with E-state index in [1.807, 2.05) is 0 Å². The van der Waals surface area contributed by atoms with Crippen LogP contribution >= 0.6 is 0 Å². The largest absolute Gasteiger partial charge is 0.384 e. The van der Waals surface area contributed by atoms with Gasteiger partial charge in [0, 0.05) is 6.54 Å². The van der Waals surface area contributed by atoms with Crippen LogP contribution < -0.4 is 5.73 Å². The molecule has 6 atom stereocenters. The third-order valence-corrected chi connectivity index (χ3v) is 4.94. The highest BCUT2D eigenvalue weighted by molar-refractivity contribution is 7.86. The van der Waals surface area contributed by atoms with Gasteiger partial charge in [-0.15, -0.1) is 6.58 Å². The van der Waals surface area contributed by atoms with Crippen LogP contribution in [0.25, 0.3) is 0 Å². The minimum atomic E-state index is -8.46. The topological polar surface area (TPSA) is 80.4 Å². The van der Waals surface area contributed by atoms with Gasteiger partial charge in [-0.05, 0) is 0 Å². The molecule has 6 unspecified atom stereocenters. The van der Waals surface area contributed by atoms with Gasteiger partial charge in [0.1, 0.15) is 0 Å². The van der Waals surface area contributed by atoms with Crippen LogP contribution in [0.1, 0.15) is 0 Å². The summed E-state index contributed by atoms with van der Waals surface area (Å²) in [5, 5.41) is 0. The van der Waals surface area contributed by atoms with E-state index in [4.69, 9.17) is 10.3 Å². The van der Waals surface area contributed by atoms with E-state index in [2.05, 4.69) is 6.58 Å². The van der Waals surface area contributed by atoms with Crippen molar-refractivity contribution in [3.8, 4) is 0 Å². The molecule has 0 aliphatic heterocycles. The monoisotopic (exact) mass is 631 g/mol. The van der Waals surface area contributed by atoms with Gasteiger partial charge >= 0.3 is 39.7 Å². The summed E-state index contributed by atoms with van der Waals surface area (Å²) in [6.07, 6.45) is -28.2. The molecule has 0 amide bonds. The lowest BCUT2D eigenvalue weighted by Gasteiger charge is -2.41. The minimum absolute atomic E-state index is 0.583. The third kappa shape index (κ3) is 7.10. The standard InChI is InChI=1S/C12H8F18O3S.C3H7N/c13-1(2(14)4(16)6(18)19)3(15)5(17)8(21,22)10(25,26)12(29,30)11(27,28)9(23,24)7(20)34(31,32)33;1-2-3-4/h1-7H,(H,31,32,33);2H,1,3-4H2. The second-order valence-corrected chi connectivity index (χ2v) is 8.28. The van der Waals surface area contributed by atoms with Gasteiger partial charge in [0.05, 0.1) is 0 Å². The highest BCUT2D eigenvalue weighted by Crippen LogP contribution is 2.59. The quantitative estimate of drug-likeness (QED) is 0.162. The Morgan fingerprint density at radius 2 is 0.974 bits per heavy atom. The number of alkyl halides is 18. The van der Waals surface area contributed by atoms with E-state index >= 15 is 0 Å². The van der Waals surface area contributed by atoms with Crippen molar-refractivity contribution in [2.75, 3.05) is 6.54 Å². The molecule has 0 aliphatic carbocycles. The van der Waals surface area contributed by atoms with E-state index in [9.17, 15) is 87.4 Å². The summed E-state index contributed by atoms with van der Waals surface area (Å²) in [5.41, 5.74) is -0.980. The Morgan fingerprint density at radius 3 is 1.26 bits per heavy atom. The predicted molar refractivity (Wildman–Crippen MR) is 90.9 cm³/mol.